The van der Waals surface area contributed by atoms with Crippen LogP contribution in [0.25, 0.3) is 11.0 Å². The lowest BCUT2D eigenvalue weighted by atomic mass is 10.3. The maximum absolute atomic E-state index is 4.68. The van der Waals surface area contributed by atoms with Crippen LogP contribution in [-0.4, -0.2) is 24.7 Å². The molecule has 0 spiro atoms. The fraction of sp³-hybridized carbons (Fsp3) is 0.375. The van der Waals surface area contributed by atoms with Gasteiger partial charge in [-0.15, -0.1) is 10.2 Å². The molecular formula is C16H15N5S. The summed E-state index contributed by atoms with van der Waals surface area (Å²) in [5.41, 5.74) is 1.85. The second-order valence-corrected chi connectivity index (χ2v) is 7.00. The van der Waals surface area contributed by atoms with Gasteiger partial charge in [-0.2, -0.15) is 0 Å². The van der Waals surface area contributed by atoms with Crippen molar-refractivity contribution < 1.29 is 0 Å². The van der Waals surface area contributed by atoms with E-state index in [1.54, 1.807) is 11.8 Å². The first kappa shape index (κ1) is 12.6. The number of para-hydroxylation sites is 2. The van der Waals surface area contributed by atoms with Crippen LogP contribution in [0.5, 0.6) is 0 Å². The Balaban J connectivity index is 1.51. The van der Waals surface area contributed by atoms with E-state index in [4.69, 9.17) is 0 Å². The van der Waals surface area contributed by atoms with Crippen LogP contribution in [0, 0.1) is 0 Å². The molecule has 110 valence electrons. The first-order valence-corrected chi connectivity index (χ1v) is 8.54. The van der Waals surface area contributed by atoms with E-state index < -0.39 is 0 Å². The quantitative estimate of drug-likeness (QED) is 0.737. The van der Waals surface area contributed by atoms with Crippen molar-refractivity contribution in [3.8, 4) is 0 Å². The van der Waals surface area contributed by atoms with Gasteiger partial charge in [0.15, 0.2) is 5.16 Å². The number of fused-ring (bicyclic) bond motifs is 1. The average molecular weight is 309 g/mol. The second kappa shape index (κ2) is 4.78. The topological polar surface area (TPSA) is 56.5 Å². The Kier molecular flexibility index (Phi) is 2.73. The third kappa shape index (κ3) is 2.18. The van der Waals surface area contributed by atoms with E-state index in [0.717, 1.165) is 21.2 Å². The molecule has 0 N–H and O–H groups in total. The molecule has 2 aliphatic rings. The van der Waals surface area contributed by atoms with Crippen molar-refractivity contribution in [2.24, 2.45) is 0 Å². The lowest BCUT2D eigenvalue weighted by Crippen LogP contribution is -2.02. The van der Waals surface area contributed by atoms with Gasteiger partial charge in [-0.1, -0.05) is 12.1 Å². The van der Waals surface area contributed by atoms with Gasteiger partial charge in [0.2, 0.25) is 0 Å². The molecular weight excluding hydrogens is 294 g/mol. The van der Waals surface area contributed by atoms with Crippen LogP contribution in [-0.2, 0) is 0 Å². The van der Waals surface area contributed by atoms with Crippen molar-refractivity contribution in [2.75, 3.05) is 0 Å². The van der Waals surface area contributed by atoms with Crippen molar-refractivity contribution in [1.82, 2.24) is 24.7 Å². The van der Waals surface area contributed by atoms with Gasteiger partial charge in [0.05, 0.1) is 17.2 Å². The minimum atomic E-state index is 0.599. The highest BCUT2D eigenvalue weighted by Crippen LogP contribution is 2.46. The summed E-state index contributed by atoms with van der Waals surface area (Å²) in [7, 11) is 0. The molecule has 0 atom stereocenters. The van der Waals surface area contributed by atoms with E-state index in [2.05, 4.69) is 24.7 Å². The monoisotopic (exact) mass is 309 g/mol. The van der Waals surface area contributed by atoms with Crippen LogP contribution in [0.15, 0.2) is 40.6 Å². The van der Waals surface area contributed by atoms with Gasteiger partial charge in [0, 0.05) is 12.0 Å². The maximum atomic E-state index is 4.68. The largest absolute Gasteiger partial charge is 0.302 e. The summed E-state index contributed by atoms with van der Waals surface area (Å²) in [6.07, 6.45) is 6.83. The molecule has 5 rings (SSSR count). The van der Waals surface area contributed by atoms with Crippen LogP contribution in [0.1, 0.15) is 43.5 Å². The fourth-order valence-electron chi connectivity index (χ4n) is 2.74. The Morgan fingerprint density at radius 2 is 1.82 bits per heavy atom. The van der Waals surface area contributed by atoms with Gasteiger partial charge in [0.25, 0.3) is 0 Å². The first-order chi connectivity index (χ1) is 10.9. The smallest absolute Gasteiger partial charge is 0.197 e. The predicted molar refractivity (Wildman–Crippen MR) is 83.9 cm³/mol. The number of hydrogen-bond donors (Lipinski definition) is 0. The van der Waals surface area contributed by atoms with Crippen molar-refractivity contribution in [3.05, 3.63) is 36.3 Å². The van der Waals surface area contributed by atoms with E-state index in [1.807, 2.05) is 30.5 Å². The Labute approximate surface area is 132 Å². The molecule has 2 fully saturated rings. The Bertz CT molecular complexity index is 851. The van der Waals surface area contributed by atoms with Crippen LogP contribution in [0.2, 0.25) is 0 Å². The molecule has 0 unspecified atom stereocenters. The number of aromatic nitrogens is 5. The summed E-state index contributed by atoms with van der Waals surface area (Å²) < 4.78 is 2.35. The van der Waals surface area contributed by atoms with E-state index in [0.29, 0.717) is 12.0 Å². The van der Waals surface area contributed by atoms with Crippen molar-refractivity contribution in [1.29, 1.82) is 0 Å². The number of rotatable bonds is 4. The summed E-state index contributed by atoms with van der Waals surface area (Å²) in [5.74, 6) is 1.81. The van der Waals surface area contributed by atoms with Gasteiger partial charge < -0.3 is 4.57 Å². The standard InChI is InChI=1S/C16H15N5S/c1-2-4-13-12(3-1)17-9-14(18-13)22-16-20-19-15(10-5-6-10)21(16)11-7-8-11/h1-4,9-11H,5-8H2. The minimum absolute atomic E-state index is 0.599. The van der Waals surface area contributed by atoms with Crippen LogP contribution in [0.3, 0.4) is 0 Å². The predicted octanol–water partition coefficient (Wildman–Crippen LogP) is 3.58. The lowest BCUT2D eigenvalue weighted by Gasteiger charge is -2.07. The molecule has 3 aromatic rings. The molecule has 2 aliphatic carbocycles. The average Bonchev–Trinajstić information content (AvgIpc) is 3.46. The Hall–Kier alpha value is -1.95. The third-order valence-electron chi connectivity index (χ3n) is 4.17. The zero-order valence-electron chi connectivity index (χ0n) is 12.0. The molecule has 2 saturated carbocycles. The Morgan fingerprint density at radius 3 is 2.59 bits per heavy atom. The van der Waals surface area contributed by atoms with Crippen LogP contribution >= 0.6 is 11.8 Å². The number of benzene rings is 1. The van der Waals surface area contributed by atoms with Gasteiger partial charge in [0.1, 0.15) is 10.9 Å². The second-order valence-electron chi connectivity index (χ2n) is 6.02. The number of nitrogens with zero attached hydrogens (tertiary/aromatic N) is 5. The van der Waals surface area contributed by atoms with Crippen molar-refractivity contribution in [3.63, 3.8) is 0 Å². The first-order valence-electron chi connectivity index (χ1n) is 7.73. The van der Waals surface area contributed by atoms with Crippen LogP contribution in [0.4, 0.5) is 0 Å². The van der Waals surface area contributed by atoms with Crippen molar-refractivity contribution >= 4 is 22.8 Å². The summed E-state index contributed by atoms with van der Waals surface area (Å²) in [5, 5.41) is 10.7. The third-order valence-corrected chi connectivity index (χ3v) is 5.03. The molecule has 0 saturated heterocycles. The summed E-state index contributed by atoms with van der Waals surface area (Å²) in [6, 6.07) is 8.54. The molecule has 6 heteroatoms. The highest BCUT2D eigenvalue weighted by Gasteiger charge is 2.36. The fourth-order valence-corrected chi connectivity index (χ4v) is 3.60. The minimum Gasteiger partial charge on any atom is -0.302 e. The van der Waals surface area contributed by atoms with E-state index in [-0.39, 0.29) is 0 Å². The molecule has 1 aromatic carbocycles. The molecule has 2 heterocycles. The molecule has 5 nitrogen and oxygen atoms in total. The molecule has 2 aromatic heterocycles. The summed E-state index contributed by atoms with van der Waals surface area (Å²) >= 11 is 1.58. The van der Waals surface area contributed by atoms with Gasteiger partial charge in [-0.3, -0.25) is 4.98 Å². The Morgan fingerprint density at radius 1 is 1.00 bits per heavy atom. The highest BCUT2D eigenvalue weighted by molar-refractivity contribution is 7.99. The van der Waals surface area contributed by atoms with Gasteiger partial charge in [-0.25, -0.2) is 4.98 Å². The van der Waals surface area contributed by atoms with Crippen LogP contribution < -0.4 is 0 Å². The SMILES string of the molecule is c1ccc2nc(Sc3nnc(C4CC4)n3C3CC3)cnc2c1. The van der Waals surface area contributed by atoms with E-state index in [1.165, 1.54) is 31.5 Å². The zero-order chi connectivity index (χ0) is 14.5. The van der Waals surface area contributed by atoms with Gasteiger partial charge in [-0.05, 0) is 49.6 Å². The molecule has 0 amide bonds. The molecule has 0 aliphatic heterocycles. The van der Waals surface area contributed by atoms with Crippen molar-refractivity contribution in [2.45, 2.75) is 47.8 Å². The highest BCUT2D eigenvalue weighted by atomic mass is 32.2. The maximum Gasteiger partial charge on any atom is 0.197 e. The number of hydrogen-bond acceptors (Lipinski definition) is 5. The molecule has 22 heavy (non-hydrogen) atoms. The molecule has 0 radical (unpaired) electrons. The van der Waals surface area contributed by atoms with E-state index >= 15 is 0 Å². The normalized spacial score (nSPS) is 18.0. The summed E-state index contributed by atoms with van der Waals surface area (Å²) in [6.45, 7) is 0. The summed E-state index contributed by atoms with van der Waals surface area (Å²) in [4.78, 5) is 9.16. The van der Waals surface area contributed by atoms with Gasteiger partial charge >= 0.3 is 0 Å². The van der Waals surface area contributed by atoms with E-state index in [9.17, 15) is 0 Å². The lowest BCUT2D eigenvalue weighted by molar-refractivity contribution is 0.626. The molecule has 0 bridgehead atoms. The zero-order valence-corrected chi connectivity index (χ0v) is 12.8.